The second-order valence-electron chi connectivity index (χ2n) is 11.9. The highest BCUT2D eigenvalue weighted by atomic mass is 19.1. The standard InChI is InChI=1S/C28H35FN4O7/c1-11(10-31-27(2,3)4)32-16-9-15(29)13-7-12-8-14-20(33(5)6)23(36)19(26(30)39)25(38)28(14,40)24(37)17(12)22(35)18(13)21(16)34/h9,12,14,20,31-32,34,36-37,40H,1,7-8,10H2,2-6H3,(H2,30,39)/t12-,14-,20-,28-/m0/s1. The highest BCUT2D eigenvalue weighted by Crippen LogP contribution is 2.53. The van der Waals surface area contributed by atoms with Gasteiger partial charge in [0, 0.05) is 40.9 Å². The highest BCUT2D eigenvalue weighted by Gasteiger charge is 2.63. The van der Waals surface area contributed by atoms with Crippen LogP contribution in [0.2, 0.25) is 0 Å². The van der Waals surface area contributed by atoms with Gasteiger partial charge in [-0.3, -0.25) is 19.3 Å². The molecule has 12 heteroatoms. The predicted molar refractivity (Wildman–Crippen MR) is 144 cm³/mol. The van der Waals surface area contributed by atoms with Crippen LogP contribution in [-0.4, -0.2) is 80.6 Å². The van der Waals surface area contributed by atoms with Gasteiger partial charge in [0.15, 0.2) is 17.1 Å². The molecule has 3 aliphatic carbocycles. The van der Waals surface area contributed by atoms with Crippen LogP contribution < -0.4 is 16.4 Å². The van der Waals surface area contributed by atoms with Crippen molar-refractivity contribution in [3.8, 4) is 5.75 Å². The first-order valence-corrected chi connectivity index (χ1v) is 12.8. The largest absolute Gasteiger partial charge is 0.510 e. The Morgan fingerprint density at radius 2 is 1.88 bits per heavy atom. The number of likely N-dealkylation sites (N-methyl/N-ethyl adjacent to an activating group) is 1. The summed E-state index contributed by atoms with van der Waals surface area (Å²) in [5.74, 6) is -8.69. The second kappa shape index (κ2) is 9.72. The van der Waals surface area contributed by atoms with Gasteiger partial charge < -0.3 is 36.8 Å². The molecule has 0 unspecified atom stereocenters. The third-order valence-corrected chi connectivity index (χ3v) is 7.81. The summed E-state index contributed by atoms with van der Waals surface area (Å²) in [7, 11) is 3.06. The van der Waals surface area contributed by atoms with Gasteiger partial charge in [0.05, 0.1) is 17.3 Å². The van der Waals surface area contributed by atoms with E-state index in [1.165, 1.54) is 19.0 Å². The fourth-order valence-corrected chi connectivity index (χ4v) is 5.97. The lowest BCUT2D eigenvalue weighted by Gasteiger charge is -2.50. The molecule has 4 rings (SSSR count). The van der Waals surface area contributed by atoms with Gasteiger partial charge in [-0.15, -0.1) is 0 Å². The Bertz CT molecular complexity index is 1410. The normalized spacial score (nSPS) is 26.4. The Kier molecular flexibility index (Phi) is 7.11. The lowest BCUT2D eigenvalue weighted by Crippen LogP contribution is -2.63. The fraction of sp³-hybridized carbons (Fsp3) is 0.464. The number of aliphatic hydroxyl groups excluding tert-OH is 2. The number of nitrogens with zero attached hydrogens (tertiary/aromatic N) is 1. The van der Waals surface area contributed by atoms with Crippen LogP contribution in [0.4, 0.5) is 10.1 Å². The van der Waals surface area contributed by atoms with Crippen molar-refractivity contribution in [3.05, 3.63) is 58.0 Å². The van der Waals surface area contributed by atoms with E-state index in [0.717, 1.165) is 6.07 Å². The molecule has 1 amide bonds. The van der Waals surface area contributed by atoms with E-state index in [0.29, 0.717) is 5.70 Å². The summed E-state index contributed by atoms with van der Waals surface area (Å²) >= 11 is 0. The number of primary amides is 1. The number of rotatable bonds is 6. The molecule has 40 heavy (non-hydrogen) atoms. The fourth-order valence-electron chi connectivity index (χ4n) is 5.97. The number of amides is 1. The number of hydrogen-bond acceptors (Lipinski definition) is 10. The number of fused-ring (bicyclic) bond motifs is 3. The van der Waals surface area contributed by atoms with E-state index in [-0.39, 0.29) is 41.7 Å². The van der Waals surface area contributed by atoms with Crippen molar-refractivity contribution >= 4 is 23.2 Å². The Hall–Kier alpha value is -3.74. The van der Waals surface area contributed by atoms with Crippen LogP contribution in [0.5, 0.6) is 5.75 Å². The molecule has 4 atom stereocenters. The van der Waals surface area contributed by atoms with Crippen molar-refractivity contribution in [3.63, 3.8) is 0 Å². The molecule has 216 valence electrons. The maximum atomic E-state index is 15.4. The van der Waals surface area contributed by atoms with Gasteiger partial charge in [-0.05, 0) is 53.6 Å². The van der Waals surface area contributed by atoms with Crippen LogP contribution in [0.1, 0.15) is 43.1 Å². The summed E-state index contributed by atoms with van der Waals surface area (Å²) in [5.41, 5.74) is 0.832. The molecule has 0 aliphatic heterocycles. The maximum Gasteiger partial charge on any atom is 0.255 e. The number of Topliss-reactive ketones (excluding diaryl/α,β-unsaturated/α-hetero) is 2. The molecule has 1 aromatic rings. The number of anilines is 1. The van der Waals surface area contributed by atoms with E-state index in [2.05, 4.69) is 17.2 Å². The van der Waals surface area contributed by atoms with Crippen LogP contribution in [-0.2, 0) is 16.0 Å². The van der Waals surface area contributed by atoms with Gasteiger partial charge in [-0.25, -0.2) is 4.39 Å². The summed E-state index contributed by atoms with van der Waals surface area (Å²) < 4.78 is 15.4. The van der Waals surface area contributed by atoms with Crippen molar-refractivity contribution in [2.75, 3.05) is 26.0 Å². The zero-order chi connectivity index (χ0) is 30.1. The first-order chi connectivity index (χ1) is 18.4. The summed E-state index contributed by atoms with van der Waals surface area (Å²) in [6, 6.07) is -0.0688. The second-order valence-corrected chi connectivity index (χ2v) is 11.9. The van der Waals surface area contributed by atoms with Gasteiger partial charge in [-0.1, -0.05) is 6.58 Å². The topological polar surface area (TPSA) is 185 Å². The number of ketones is 2. The maximum absolute atomic E-state index is 15.4. The molecule has 0 bridgehead atoms. The quantitative estimate of drug-likeness (QED) is 0.200. The molecule has 3 aliphatic rings. The first-order valence-electron chi connectivity index (χ1n) is 12.8. The number of nitrogens with two attached hydrogens (primary N) is 1. The van der Waals surface area contributed by atoms with E-state index in [4.69, 9.17) is 5.73 Å². The van der Waals surface area contributed by atoms with Crippen molar-refractivity contribution in [1.82, 2.24) is 10.2 Å². The molecule has 0 radical (unpaired) electrons. The van der Waals surface area contributed by atoms with Crippen molar-refractivity contribution < 1.29 is 39.2 Å². The molecule has 11 nitrogen and oxygen atoms in total. The van der Waals surface area contributed by atoms with E-state index in [1.807, 2.05) is 20.8 Å². The van der Waals surface area contributed by atoms with Crippen molar-refractivity contribution in [1.29, 1.82) is 0 Å². The van der Waals surface area contributed by atoms with Crippen LogP contribution in [0, 0.1) is 17.7 Å². The van der Waals surface area contributed by atoms with Crippen LogP contribution in [0.25, 0.3) is 0 Å². The number of carbonyl (C=O) groups excluding carboxylic acids is 3. The summed E-state index contributed by atoms with van der Waals surface area (Å²) in [5, 5.41) is 50.8. The van der Waals surface area contributed by atoms with Crippen LogP contribution in [0.15, 0.2) is 41.0 Å². The number of halogens is 1. The monoisotopic (exact) mass is 558 g/mol. The van der Waals surface area contributed by atoms with Gasteiger partial charge in [0.25, 0.3) is 5.91 Å². The first kappa shape index (κ1) is 29.2. The predicted octanol–water partition coefficient (Wildman–Crippen LogP) is 1.57. The van der Waals surface area contributed by atoms with Gasteiger partial charge >= 0.3 is 0 Å². The van der Waals surface area contributed by atoms with E-state index in [1.54, 1.807) is 0 Å². The zero-order valence-electron chi connectivity index (χ0n) is 23.1. The molecule has 0 saturated carbocycles. The van der Waals surface area contributed by atoms with Crippen molar-refractivity contribution in [2.24, 2.45) is 17.6 Å². The number of aliphatic hydroxyl groups is 3. The molecule has 0 spiro atoms. The Morgan fingerprint density at radius 1 is 1.25 bits per heavy atom. The minimum absolute atomic E-state index is 0.0837. The molecular weight excluding hydrogens is 523 g/mol. The van der Waals surface area contributed by atoms with Gasteiger partial charge in [-0.2, -0.15) is 0 Å². The Morgan fingerprint density at radius 3 is 2.42 bits per heavy atom. The molecule has 0 fully saturated rings. The number of hydrogen-bond donors (Lipinski definition) is 7. The lowest BCUT2D eigenvalue weighted by atomic mass is 9.58. The summed E-state index contributed by atoms with van der Waals surface area (Å²) in [4.78, 5) is 40.6. The number of aromatic hydroxyl groups is 1. The SMILES string of the molecule is C=C(CNC(C)(C)C)Nc1cc(F)c2c(c1O)C(=O)C1=C(O)[C@]3(O)C(=O)C(C(N)=O)=C(O)[C@@H](N(C)C)[C@@H]3C[C@@H]1C2. The number of allylic oxidation sites excluding steroid dienone is 1. The Labute approximate surface area is 230 Å². The van der Waals surface area contributed by atoms with E-state index in [9.17, 15) is 34.8 Å². The average Bonchev–Trinajstić information content (AvgIpc) is 2.82. The molecule has 0 saturated heterocycles. The lowest BCUT2D eigenvalue weighted by molar-refractivity contribution is -0.148. The van der Waals surface area contributed by atoms with E-state index < -0.39 is 75.2 Å². The summed E-state index contributed by atoms with van der Waals surface area (Å²) in [6.45, 7) is 9.96. The van der Waals surface area contributed by atoms with Crippen molar-refractivity contribution in [2.45, 2.75) is 50.8 Å². The smallest absolute Gasteiger partial charge is 0.255 e. The minimum Gasteiger partial charge on any atom is -0.510 e. The number of phenols is 1. The summed E-state index contributed by atoms with van der Waals surface area (Å²) in [6.07, 6.45) is -0.262. The third kappa shape index (κ3) is 4.45. The van der Waals surface area contributed by atoms with Gasteiger partial charge in [0.1, 0.15) is 22.9 Å². The van der Waals surface area contributed by atoms with Crippen LogP contribution in [0.3, 0.4) is 0 Å². The highest BCUT2D eigenvalue weighted by molar-refractivity contribution is 6.24. The number of nitrogens with one attached hydrogen (secondary N) is 2. The number of benzene rings is 1. The number of phenolic OH excluding ortho intramolecular Hbond substituents is 1. The molecule has 1 aromatic carbocycles. The molecule has 0 heterocycles. The molecule has 0 aromatic heterocycles. The molecule has 8 N–H and O–H groups in total. The Balaban J connectivity index is 1.82. The van der Waals surface area contributed by atoms with E-state index >= 15 is 4.39 Å². The average molecular weight is 559 g/mol. The zero-order valence-corrected chi connectivity index (χ0v) is 23.1. The number of carbonyl (C=O) groups is 3. The minimum atomic E-state index is -2.76. The third-order valence-electron chi connectivity index (χ3n) is 7.81. The van der Waals surface area contributed by atoms with Gasteiger partial charge in [0.2, 0.25) is 5.78 Å². The molecular formula is C28H35FN4O7. The van der Waals surface area contributed by atoms with Crippen LogP contribution >= 0.6 is 0 Å².